The lowest BCUT2D eigenvalue weighted by molar-refractivity contribution is -0.171. The number of anilines is 1. The molecule has 2 saturated carbocycles. The minimum atomic E-state index is 0.381. The van der Waals surface area contributed by atoms with Gasteiger partial charge in [-0.15, -0.1) is 0 Å². The minimum absolute atomic E-state index is 0.381. The average molecular weight is 399 g/mol. The molecular weight excluding hydrogens is 364 g/mol. The molecule has 0 amide bonds. The molecule has 6 heteroatoms. The molecule has 4 aliphatic rings. The quantitative estimate of drug-likeness (QED) is 0.603. The molecule has 2 heterocycles. The van der Waals surface area contributed by atoms with Gasteiger partial charge >= 0.3 is 0 Å². The van der Waals surface area contributed by atoms with Gasteiger partial charge in [0.1, 0.15) is 5.75 Å². The highest BCUT2D eigenvalue weighted by atomic mass is 16.5. The number of para-hydroxylation sites is 2. The summed E-state index contributed by atoms with van der Waals surface area (Å²) < 4.78 is 11.6. The summed E-state index contributed by atoms with van der Waals surface area (Å²) in [6, 6.07) is 9.30. The SMILES string of the molecule is CN=C(NC1CCN(c2ccccc2OC)CC1)NC1C2CCOC2C12CCC2. The van der Waals surface area contributed by atoms with E-state index in [2.05, 4.69) is 32.7 Å². The van der Waals surface area contributed by atoms with Crippen molar-refractivity contribution >= 4 is 11.6 Å². The Kier molecular flexibility index (Phi) is 5.06. The zero-order chi connectivity index (χ0) is 19.8. The third kappa shape index (κ3) is 3.16. The van der Waals surface area contributed by atoms with E-state index in [0.717, 1.165) is 44.2 Å². The maximum Gasteiger partial charge on any atom is 0.191 e. The highest BCUT2D eigenvalue weighted by Gasteiger charge is 2.66. The second kappa shape index (κ2) is 7.71. The fourth-order valence-corrected chi connectivity index (χ4v) is 6.12. The van der Waals surface area contributed by atoms with Gasteiger partial charge in [-0.2, -0.15) is 0 Å². The Hall–Kier alpha value is -1.95. The van der Waals surface area contributed by atoms with Crippen LogP contribution in [-0.2, 0) is 4.74 Å². The van der Waals surface area contributed by atoms with Gasteiger partial charge in [0.15, 0.2) is 5.96 Å². The van der Waals surface area contributed by atoms with Gasteiger partial charge in [-0.05, 0) is 44.2 Å². The van der Waals surface area contributed by atoms with Crippen LogP contribution in [0.2, 0.25) is 0 Å². The van der Waals surface area contributed by atoms with Crippen molar-refractivity contribution in [1.29, 1.82) is 0 Å². The highest BCUT2D eigenvalue weighted by Crippen LogP contribution is 2.62. The number of aliphatic imine (C=N–C) groups is 1. The van der Waals surface area contributed by atoms with E-state index < -0.39 is 0 Å². The molecule has 29 heavy (non-hydrogen) atoms. The number of guanidine groups is 1. The lowest BCUT2D eigenvalue weighted by atomic mass is 9.46. The molecule has 0 aromatic heterocycles. The van der Waals surface area contributed by atoms with Crippen molar-refractivity contribution in [3.8, 4) is 5.75 Å². The first kappa shape index (κ1) is 19.0. The number of nitrogens with zero attached hydrogens (tertiary/aromatic N) is 2. The standard InChI is InChI=1S/C23H34N4O2/c1-24-22(26-20-17-10-15-29-21(17)23(20)11-5-12-23)25-16-8-13-27(14-9-16)18-6-3-4-7-19(18)28-2/h3-4,6-7,16-17,20-21H,5,8-15H2,1-2H3,(H2,24,25,26). The summed E-state index contributed by atoms with van der Waals surface area (Å²) in [6.07, 6.45) is 7.85. The van der Waals surface area contributed by atoms with E-state index in [4.69, 9.17) is 9.47 Å². The van der Waals surface area contributed by atoms with E-state index in [-0.39, 0.29) is 0 Å². The van der Waals surface area contributed by atoms with Crippen molar-refractivity contribution in [2.75, 3.05) is 38.8 Å². The summed E-state index contributed by atoms with van der Waals surface area (Å²) in [5.74, 6) is 2.60. The maximum atomic E-state index is 6.06. The average Bonchev–Trinajstić information content (AvgIpc) is 3.15. The monoisotopic (exact) mass is 398 g/mol. The van der Waals surface area contributed by atoms with E-state index >= 15 is 0 Å². The van der Waals surface area contributed by atoms with Gasteiger partial charge in [-0.25, -0.2) is 0 Å². The van der Waals surface area contributed by atoms with Crippen LogP contribution in [-0.4, -0.2) is 58.0 Å². The van der Waals surface area contributed by atoms with Crippen LogP contribution in [0.15, 0.2) is 29.3 Å². The third-order valence-corrected chi connectivity index (χ3v) is 7.81. The van der Waals surface area contributed by atoms with Gasteiger partial charge < -0.3 is 25.0 Å². The molecule has 5 rings (SSSR count). The van der Waals surface area contributed by atoms with Gasteiger partial charge in [0.2, 0.25) is 0 Å². The smallest absolute Gasteiger partial charge is 0.191 e. The largest absolute Gasteiger partial charge is 0.495 e. The Bertz CT molecular complexity index is 755. The van der Waals surface area contributed by atoms with E-state index in [0.29, 0.717) is 29.5 Å². The molecule has 1 aromatic carbocycles. The predicted octanol–water partition coefficient (Wildman–Crippen LogP) is 2.79. The van der Waals surface area contributed by atoms with Crippen LogP contribution in [0.25, 0.3) is 0 Å². The number of ether oxygens (including phenoxy) is 2. The summed E-state index contributed by atoms with van der Waals surface area (Å²) in [4.78, 5) is 7.00. The molecule has 4 fully saturated rings. The number of benzene rings is 1. The summed E-state index contributed by atoms with van der Waals surface area (Å²) in [5.41, 5.74) is 1.58. The second-order valence-electron chi connectivity index (χ2n) is 9.10. The summed E-state index contributed by atoms with van der Waals surface area (Å²) >= 11 is 0. The molecule has 2 saturated heterocycles. The molecule has 3 atom stereocenters. The van der Waals surface area contributed by atoms with Crippen LogP contribution in [0.3, 0.4) is 0 Å². The number of hydrogen-bond donors (Lipinski definition) is 2. The number of hydrogen-bond acceptors (Lipinski definition) is 4. The van der Waals surface area contributed by atoms with Crippen molar-refractivity contribution in [3.05, 3.63) is 24.3 Å². The lowest BCUT2D eigenvalue weighted by Crippen LogP contribution is -2.72. The fourth-order valence-electron chi connectivity index (χ4n) is 6.12. The first-order chi connectivity index (χ1) is 14.2. The molecule has 1 spiro atoms. The van der Waals surface area contributed by atoms with Gasteiger partial charge in [-0.1, -0.05) is 18.6 Å². The van der Waals surface area contributed by atoms with Crippen molar-refractivity contribution in [2.24, 2.45) is 16.3 Å². The predicted molar refractivity (Wildman–Crippen MR) is 116 cm³/mol. The molecule has 6 nitrogen and oxygen atoms in total. The van der Waals surface area contributed by atoms with Gasteiger partial charge in [-0.3, -0.25) is 4.99 Å². The molecule has 2 N–H and O–H groups in total. The Morgan fingerprint density at radius 1 is 1.17 bits per heavy atom. The molecule has 3 unspecified atom stereocenters. The van der Waals surface area contributed by atoms with E-state index in [1.807, 2.05) is 19.2 Å². The number of nitrogens with one attached hydrogen (secondary N) is 2. The number of methoxy groups -OCH3 is 1. The van der Waals surface area contributed by atoms with Crippen LogP contribution in [0.5, 0.6) is 5.75 Å². The Morgan fingerprint density at radius 2 is 1.97 bits per heavy atom. The molecule has 158 valence electrons. The topological polar surface area (TPSA) is 58.1 Å². The molecular formula is C23H34N4O2. The molecule has 1 aromatic rings. The summed E-state index contributed by atoms with van der Waals surface area (Å²) in [5, 5.41) is 7.51. The van der Waals surface area contributed by atoms with Crippen molar-refractivity contribution in [2.45, 2.75) is 56.7 Å². The zero-order valence-electron chi connectivity index (χ0n) is 17.7. The normalized spacial score (nSPS) is 31.0. The van der Waals surface area contributed by atoms with E-state index in [1.54, 1.807) is 7.11 Å². The second-order valence-corrected chi connectivity index (χ2v) is 9.10. The van der Waals surface area contributed by atoms with Crippen LogP contribution >= 0.6 is 0 Å². The Morgan fingerprint density at radius 3 is 2.66 bits per heavy atom. The highest BCUT2D eigenvalue weighted by molar-refractivity contribution is 5.80. The number of rotatable bonds is 4. The zero-order valence-corrected chi connectivity index (χ0v) is 17.7. The summed E-state index contributed by atoms with van der Waals surface area (Å²) in [6.45, 7) is 2.99. The van der Waals surface area contributed by atoms with Gasteiger partial charge in [0, 0.05) is 50.2 Å². The van der Waals surface area contributed by atoms with Crippen molar-refractivity contribution < 1.29 is 9.47 Å². The molecule has 0 radical (unpaired) electrons. The van der Waals surface area contributed by atoms with Crippen molar-refractivity contribution in [3.63, 3.8) is 0 Å². The van der Waals surface area contributed by atoms with Crippen LogP contribution < -0.4 is 20.3 Å². The number of fused-ring (bicyclic) bond motifs is 2. The van der Waals surface area contributed by atoms with Gasteiger partial charge in [0.05, 0.1) is 18.9 Å². The fraction of sp³-hybridized carbons (Fsp3) is 0.696. The molecule has 2 aliphatic heterocycles. The Labute approximate surface area is 174 Å². The maximum absolute atomic E-state index is 6.06. The lowest BCUT2D eigenvalue weighted by Gasteiger charge is -2.63. The van der Waals surface area contributed by atoms with Crippen LogP contribution in [0.1, 0.15) is 38.5 Å². The first-order valence-corrected chi connectivity index (χ1v) is 11.2. The van der Waals surface area contributed by atoms with Crippen LogP contribution in [0, 0.1) is 11.3 Å². The number of piperidine rings is 1. The van der Waals surface area contributed by atoms with E-state index in [1.165, 1.54) is 31.4 Å². The Balaban J connectivity index is 1.17. The minimum Gasteiger partial charge on any atom is -0.495 e. The van der Waals surface area contributed by atoms with Gasteiger partial charge in [0.25, 0.3) is 0 Å². The van der Waals surface area contributed by atoms with Crippen molar-refractivity contribution in [1.82, 2.24) is 10.6 Å². The molecule has 2 aliphatic carbocycles. The third-order valence-electron chi connectivity index (χ3n) is 7.81. The molecule has 0 bridgehead atoms. The van der Waals surface area contributed by atoms with Crippen LogP contribution in [0.4, 0.5) is 5.69 Å². The summed E-state index contributed by atoms with van der Waals surface area (Å²) in [7, 11) is 3.64. The van der Waals surface area contributed by atoms with E-state index in [9.17, 15) is 0 Å². The first-order valence-electron chi connectivity index (χ1n) is 11.2.